The number of rotatable bonds is 3. The molecule has 2 N–H and O–H groups in total. The lowest BCUT2D eigenvalue weighted by Crippen LogP contribution is -2.29. The van der Waals surface area contributed by atoms with E-state index in [1.807, 2.05) is 32.0 Å². The summed E-state index contributed by atoms with van der Waals surface area (Å²) < 4.78 is 0. The van der Waals surface area contributed by atoms with Crippen molar-refractivity contribution in [1.29, 1.82) is 0 Å². The van der Waals surface area contributed by atoms with E-state index < -0.39 is 10.8 Å². The zero-order chi connectivity index (χ0) is 14.2. The van der Waals surface area contributed by atoms with E-state index in [1.54, 1.807) is 6.92 Å². The van der Waals surface area contributed by atoms with Gasteiger partial charge in [0, 0.05) is 12.2 Å². The molecular formula is C14H17ClN2O2. The largest absolute Gasteiger partial charge is 0.351 e. The molecule has 0 saturated heterocycles. The summed E-state index contributed by atoms with van der Waals surface area (Å²) in [5.41, 5.74) is 2.22. The lowest BCUT2D eigenvalue weighted by molar-refractivity contribution is -0.121. The van der Waals surface area contributed by atoms with Crippen LogP contribution in [-0.2, 0) is 21.5 Å². The Bertz CT molecular complexity index is 538. The average Bonchev–Trinajstić information content (AvgIpc) is 2.57. The van der Waals surface area contributed by atoms with Crippen LogP contribution in [0.5, 0.6) is 0 Å². The molecule has 19 heavy (non-hydrogen) atoms. The fourth-order valence-electron chi connectivity index (χ4n) is 2.06. The number of alkyl halides is 1. The van der Waals surface area contributed by atoms with Crippen LogP contribution >= 0.6 is 11.6 Å². The van der Waals surface area contributed by atoms with Gasteiger partial charge in [-0.2, -0.15) is 0 Å². The molecule has 4 nitrogen and oxygen atoms in total. The van der Waals surface area contributed by atoms with Crippen LogP contribution in [0.2, 0.25) is 0 Å². The van der Waals surface area contributed by atoms with Crippen LogP contribution in [0.4, 0.5) is 5.69 Å². The van der Waals surface area contributed by atoms with Gasteiger partial charge < -0.3 is 10.6 Å². The minimum atomic E-state index is -0.547. The quantitative estimate of drug-likeness (QED) is 0.834. The van der Waals surface area contributed by atoms with Crippen molar-refractivity contribution in [3.8, 4) is 0 Å². The molecule has 0 bridgehead atoms. The summed E-state index contributed by atoms with van der Waals surface area (Å²) in [6, 6.07) is 5.71. The second-order valence-corrected chi connectivity index (χ2v) is 5.95. The standard InChI is InChI=1S/C14H17ClN2O2/c1-8(15)12(18)16-7-9-4-5-11-10(6-9)14(2,3)13(19)17-11/h4-6,8H,7H2,1-3H3,(H,16,18)(H,17,19). The van der Waals surface area contributed by atoms with Crippen molar-refractivity contribution in [2.24, 2.45) is 0 Å². The van der Waals surface area contributed by atoms with E-state index in [-0.39, 0.29) is 11.8 Å². The molecule has 1 aromatic rings. The number of anilines is 1. The third kappa shape index (κ3) is 2.59. The lowest BCUT2D eigenvalue weighted by atomic mass is 9.85. The summed E-state index contributed by atoms with van der Waals surface area (Å²) in [4.78, 5) is 23.2. The Morgan fingerprint density at radius 2 is 2.16 bits per heavy atom. The minimum Gasteiger partial charge on any atom is -0.351 e. The number of amides is 2. The molecule has 5 heteroatoms. The minimum absolute atomic E-state index is 0.00179. The Balaban J connectivity index is 2.17. The molecule has 1 aliphatic rings. The van der Waals surface area contributed by atoms with Crippen molar-refractivity contribution in [1.82, 2.24) is 5.32 Å². The SMILES string of the molecule is CC(Cl)C(=O)NCc1ccc2c(c1)C(C)(C)C(=O)N2. The number of carbonyl (C=O) groups is 2. The van der Waals surface area contributed by atoms with Crippen molar-refractivity contribution in [3.63, 3.8) is 0 Å². The highest BCUT2D eigenvalue weighted by Crippen LogP contribution is 2.37. The van der Waals surface area contributed by atoms with Gasteiger partial charge in [0.25, 0.3) is 0 Å². The van der Waals surface area contributed by atoms with Gasteiger partial charge in [-0.05, 0) is 38.0 Å². The van der Waals surface area contributed by atoms with E-state index in [0.717, 1.165) is 16.8 Å². The highest BCUT2D eigenvalue weighted by molar-refractivity contribution is 6.30. The second-order valence-electron chi connectivity index (χ2n) is 5.29. The molecule has 1 atom stereocenters. The van der Waals surface area contributed by atoms with Gasteiger partial charge in [0.1, 0.15) is 5.38 Å². The second kappa shape index (κ2) is 4.85. The summed E-state index contributed by atoms with van der Waals surface area (Å²) in [5.74, 6) is -0.200. The first kappa shape index (κ1) is 13.9. The molecule has 0 fully saturated rings. The number of benzene rings is 1. The Labute approximate surface area is 117 Å². The molecule has 2 rings (SSSR count). The van der Waals surface area contributed by atoms with E-state index >= 15 is 0 Å². The van der Waals surface area contributed by atoms with Gasteiger partial charge in [0.05, 0.1) is 5.41 Å². The zero-order valence-corrected chi connectivity index (χ0v) is 12.0. The zero-order valence-electron chi connectivity index (χ0n) is 11.2. The first-order chi connectivity index (χ1) is 8.82. The Morgan fingerprint density at radius 3 is 2.79 bits per heavy atom. The molecule has 1 aliphatic heterocycles. The summed E-state index contributed by atoms with van der Waals surface area (Å²) in [7, 11) is 0. The van der Waals surface area contributed by atoms with Crippen molar-refractivity contribution in [2.75, 3.05) is 5.32 Å². The van der Waals surface area contributed by atoms with Crippen LogP contribution < -0.4 is 10.6 Å². The highest BCUT2D eigenvalue weighted by Gasteiger charge is 2.38. The monoisotopic (exact) mass is 280 g/mol. The van der Waals surface area contributed by atoms with Crippen LogP contribution in [-0.4, -0.2) is 17.2 Å². The molecule has 1 aromatic carbocycles. The van der Waals surface area contributed by atoms with Gasteiger partial charge in [-0.25, -0.2) is 0 Å². The Kier molecular flexibility index (Phi) is 3.54. The molecule has 102 valence electrons. The fraction of sp³-hybridized carbons (Fsp3) is 0.429. The number of carbonyl (C=O) groups excluding carboxylic acids is 2. The van der Waals surface area contributed by atoms with Gasteiger partial charge in [-0.3, -0.25) is 9.59 Å². The van der Waals surface area contributed by atoms with Crippen molar-refractivity contribution < 1.29 is 9.59 Å². The van der Waals surface area contributed by atoms with E-state index in [0.29, 0.717) is 6.54 Å². The molecule has 1 unspecified atom stereocenters. The summed E-state index contributed by atoms with van der Waals surface area (Å²) in [5, 5.41) is 5.06. The maximum absolute atomic E-state index is 11.8. The molecule has 0 radical (unpaired) electrons. The third-order valence-electron chi connectivity index (χ3n) is 3.40. The van der Waals surface area contributed by atoms with E-state index in [1.165, 1.54) is 0 Å². The van der Waals surface area contributed by atoms with Crippen molar-refractivity contribution >= 4 is 29.1 Å². The predicted octanol–water partition coefficient (Wildman–Crippen LogP) is 2.16. The maximum Gasteiger partial charge on any atom is 0.238 e. The van der Waals surface area contributed by atoms with Crippen molar-refractivity contribution in [2.45, 2.75) is 38.1 Å². The van der Waals surface area contributed by atoms with Gasteiger partial charge >= 0.3 is 0 Å². The van der Waals surface area contributed by atoms with Crippen LogP contribution in [0, 0.1) is 0 Å². The summed E-state index contributed by atoms with van der Waals surface area (Å²) >= 11 is 5.69. The molecule has 0 aromatic heterocycles. The molecule has 0 aliphatic carbocycles. The van der Waals surface area contributed by atoms with Crippen molar-refractivity contribution in [3.05, 3.63) is 29.3 Å². The average molecular weight is 281 g/mol. The van der Waals surface area contributed by atoms with Gasteiger partial charge in [-0.1, -0.05) is 12.1 Å². The topological polar surface area (TPSA) is 58.2 Å². The maximum atomic E-state index is 11.8. The van der Waals surface area contributed by atoms with E-state index in [2.05, 4.69) is 10.6 Å². The third-order valence-corrected chi connectivity index (χ3v) is 3.60. The lowest BCUT2D eigenvalue weighted by Gasteiger charge is -2.16. The number of halogens is 1. The molecule has 0 spiro atoms. The first-order valence-electron chi connectivity index (χ1n) is 6.19. The van der Waals surface area contributed by atoms with Gasteiger partial charge in [0.15, 0.2) is 0 Å². The van der Waals surface area contributed by atoms with Crippen LogP contribution in [0.3, 0.4) is 0 Å². The van der Waals surface area contributed by atoms with Gasteiger partial charge in [-0.15, -0.1) is 11.6 Å². The van der Waals surface area contributed by atoms with Gasteiger partial charge in [0.2, 0.25) is 11.8 Å². The highest BCUT2D eigenvalue weighted by atomic mass is 35.5. The predicted molar refractivity (Wildman–Crippen MR) is 75.3 cm³/mol. The van der Waals surface area contributed by atoms with Crippen LogP contribution in [0.15, 0.2) is 18.2 Å². The molecule has 0 saturated carbocycles. The number of fused-ring (bicyclic) bond motifs is 1. The fourth-order valence-corrected chi connectivity index (χ4v) is 2.14. The molecular weight excluding hydrogens is 264 g/mol. The normalized spacial score (nSPS) is 17.6. The number of hydrogen-bond acceptors (Lipinski definition) is 2. The van der Waals surface area contributed by atoms with E-state index in [4.69, 9.17) is 11.6 Å². The summed E-state index contributed by atoms with van der Waals surface area (Å²) in [6.07, 6.45) is 0. The molecule has 2 amide bonds. The smallest absolute Gasteiger partial charge is 0.238 e. The number of nitrogens with one attached hydrogen (secondary N) is 2. The summed E-state index contributed by atoms with van der Waals surface area (Å²) in [6.45, 7) is 5.81. The van der Waals surface area contributed by atoms with E-state index in [9.17, 15) is 9.59 Å². The Morgan fingerprint density at radius 1 is 1.47 bits per heavy atom. The van der Waals surface area contributed by atoms with Crippen LogP contribution in [0.1, 0.15) is 31.9 Å². The number of hydrogen-bond donors (Lipinski definition) is 2. The first-order valence-corrected chi connectivity index (χ1v) is 6.62. The Hall–Kier alpha value is -1.55. The molecule has 1 heterocycles. The van der Waals surface area contributed by atoms with Crippen LogP contribution in [0.25, 0.3) is 0 Å².